The van der Waals surface area contributed by atoms with Crippen molar-refractivity contribution in [1.82, 2.24) is 0 Å². The number of halogens is 2. The smallest absolute Gasteiger partial charge is 0.377 e. The van der Waals surface area contributed by atoms with Crippen molar-refractivity contribution in [3.05, 3.63) is 33.5 Å². The van der Waals surface area contributed by atoms with Crippen molar-refractivity contribution in [3.8, 4) is 0 Å². The first kappa shape index (κ1) is 10.8. The fourth-order valence-corrected chi connectivity index (χ4v) is 1.41. The molecule has 3 nitrogen and oxygen atoms in total. The van der Waals surface area contributed by atoms with Crippen LogP contribution in [0, 0.1) is 12.7 Å². The summed E-state index contributed by atoms with van der Waals surface area (Å²) in [5, 5.41) is 8.45. The summed E-state index contributed by atoms with van der Waals surface area (Å²) >= 11 is 2.82. The van der Waals surface area contributed by atoms with E-state index in [1.807, 2.05) is 0 Å². The fraction of sp³-hybridized carbons (Fsp3) is 0.111. The molecule has 0 aliphatic carbocycles. The van der Waals surface area contributed by atoms with Crippen molar-refractivity contribution in [2.45, 2.75) is 6.92 Å². The first-order valence-corrected chi connectivity index (χ1v) is 4.46. The van der Waals surface area contributed by atoms with E-state index in [9.17, 15) is 14.0 Å². The Morgan fingerprint density at radius 2 is 2.00 bits per heavy atom. The number of Topliss-reactive ketones (excluding diaryl/α,β-unsaturated/α-hetero) is 1. The summed E-state index contributed by atoms with van der Waals surface area (Å²) in [7, 11) is 0. The summed E-state index contributed by atoms with van der Waals surface area (Å²) in [4.78, 5) is 21.5. The molecule has 0 bridgehead atoms. The second-order valence-electron chi connectivity index (χ2n) is 2.74. The van der Waals surface area contributed by atoms with Gasteiger partial charge in [0.05, 0.1) is 4.47 Å². The Morgan fingerprint density at radius 3 is 2.50 bits per heavy atom. The largest absolute Gasteiger partial charge is 0.475 e. The Balaban J connectivity index is 3.34. The third-order valence-corrected chi connectivity index (χ3v) is 2.42. The molecule has 1 aromatic rings. The van der Waals surface area contributed by atoms with Crippen LogP contribution in [0.5, 0.6) is 0 Å². The lowest BCUT2D eigenvalue weighted by atomic mass is 10.1. The van der Waals surface area contributed by atoms with Crippen molar-refractivity contribution in [2.75, 3.05) is 0 Å². The van der Waals surface area contributed by atoms with Crippen LogP contribution in [0.4, 0.5) is 4.39 Å². The van der Waals surface area contributed by atoms with E-state index in [0.29, 0.717) is 5.56 Å². The number of carboxylic acids is 1. The molecule has 0 amide bonds. The number of benzene rings is 1. The number of ketones is 1. The van der Waals surface area contributed by atoms with E-state index < -0.39 is 17.6 Å². The lowest BCUT2D eigenvalue weighted by Gasteiger charge is -2.03. The predicted molar refractivity (Wildman–Crippen MR) is 50.8 cm³/mol. The molecule has 0 spiro atoms. The topological polar surface area (TPSA) is 54.4 Å². The fourth-order valence-electron chi connectivity index (χ4n) is 1.01. The second kappa shape index (κ2) is 3.88. The highest BCUT2D eigenvalue weighted by Gasteiger charge is 2.20. The highest BCUT2D eigenvalue weighted by Crippen LogP contribution is 2.22. The van der Waals surface area contributed by atoms with Crippen LogP contribution in [0.1, 0.15) is 15.9 Å². The number of hydrogen-bond acceptors (Lipinski definition) is 2. The lowest BCUT2D eigenvalue weighted by Crippen LogP contribution is -2.14. The third-order valence-electron chi connectivity index (χ3n) is 1.61. The molecule has 1 aromatic carbocycles. The van der Waals surface area contributed by atoms with E-state index in [2.05, 4.69) is 15.9 Å². The average Bonchev–Trinajstić information content (AvgIpc) is 2.09. The van der Waals surface area contributed by atoms with Crippen molar-refractivity contribution in [3.63, 3.8) is 0 Å². The molecule has 0 atom stereocenters. The van der Waals surface area contributed by atoms with Gasteiger partial charge in [-0.2, -0.15) is 0 Å². The van der Waals surface area contributed by atoms with Crippen molar-refractivity contribution in [1.29, 1.82) is 0 Å². The number of hydrogen-bond donors (Lipinski definition) is 1. The predicted octanol–water partition coefficient (Wildman–Crippen LogP) is 2.16. The van der Waals surface area contributed by atoms with E-state index in [-0.39, 0.29) is 10.0 Å². The summed E-state index contributed by atoms with van der Waals surface area (Å²) in [6.45, 7) is 1.58. The molecule has 0 heterocycles. The molecule has 1 rings (SSSR count). The lowest BCUT2D eigenvalue weighted by molar-refractivity contribution is -0.131. The summed E-state index contributed by atoms with van der Waals surface area (Å²) < 4.78 is 13.0. The average molecular weight is 261 g/mol. The van der Waals surface area contributed by atoms with Gasteiger partial charge < -0.3 is 5.11 Å². The van der Waals surface area contributed by atoms with Crippen LogP contribution in [-0.4, -0.2) is 16.9 Å². The zero-order valence-corrected chi connectivity index (χ0v) is 8.76. The molecule has 0 radical (unpaired) electrons. The van der Waals surface area contributed by atoms with Gasteiger partial charge in [0.1, 0.15) is 5.82 Å². The Morgan fingerprint density at radius 1 is 1.43 bits per heavy atom. The van der Waals surface area contributed by atoms with Crippen LogP contribution >= 0.6 is 15.9 Å². The van der Waals surface area contributed by atoms with Crippen LogP contribution in [0.3, 0.4) is 0 Å². The number of carbonyl (C=O) groups is 2. The third kappa shape index (κ3) is 1.98. The van der Waals surface area contributed by atoms with Gasteiger partial charge in [0.15, 0.2) is 0 Å². The standard InChI is InChI=1S/C9H6BrFO3/c1-4-2-5(8(12)9(13)14)7(10)6(11)3-4/h2-3H,1H3,(H,13,14). The maximum atomic E-state index is 13.1. The van der Waals surface area contributed by atoms with Crippen molar-refractivity contribution >= 4 is 27.7 Å². The second-order valence-corrected chi connectivity index (χ2v) is 3.54. The van der Waals surface area contributed by atoms with Gasteiger partial charge in [-0.1, -0.05) is 0 Å². The zero-order valence-electron chi connectivity index (χ0n) is 7.17. The summed E-state index contributed by atoms with van der Waals surface area (Å²) in [6, 6.07) is 2.53. The van der Waals surface area contributed by atoms with Gasteiger partial charge in [0.25, 0.3) is 5.78 Å². The van der Waals surface area contributed by atoms with E-state index in [1.54, 1.807) is 6.92 Å². The number of carboxylic acid groups (broad SMARTS) is 1. The number of aliphatic carboxylic acids is 1. The van der Waals surface area contributed by atoms with Crippen molar-refractivity contribution < 1.29 is 19.1 Å². The minimum Gasteiger partial charge on any atom is -0.475 e. The number of rotatable bonds is 2. The number of aryl methyl sites for hydroxylation is 1. The first-order valence-electron chi connectivity index (χ1n) is 3.66. The molecular weight excluding hydrogens is 255 g/mol. The molecule has 0 saturated carbocycles. The van der Waals surface area contributed by atoms with Crippen LogP contribution in [-0.2, 0) is 4.79 Å². The minimum atomic E-state index is -1.60. The summed E-state index contributed by atoms with van der Waals surface area (Å²) in [5.74, 6) is -3.37. The van der Waals surface area contributed by atoms with Crippen LogP contribution in [0.2, 0.25) is 0 Å². The Kier molecular flexibility index (Phi) is 3.00. The Labute approximate surface area is 87.7 Å². The summed E-state index contributed by atoms with van der Waals surface area (Å²) in [5.41, 5.74) is 0.324. The van der Waals surface area contributed by atoms with E-state index in [0.717, 1.165) is 0 Å². The zero-order chi connectivity index (χ0) is 10.9. The Hall–Kier alpha value is -1.23. The van der Waals surface area contributed by atoms with Crippen molar-refractivity contribution in [2.24, 2.45) is 0 Å². The maximum absolute atomic E-state index is 13.1. The molecule has 0 aliphatic heterocycles. The molecule has 1 N–H and O–H groups in total. The maximum Gasteiger partial charge on any atom is 0.377 e. The SMILES string of the molecule is Cc1cc(F)c(Br)c(C(=O)C(=O)O)c1. The monoisotopic (exact) mass is 260 g/mol. The van der Waals surface area contributed by atoms with Gasteiger partial charge in [0, 0.05) is 5.56 Å². The highest BCUT2D eigenvalue weighted by molar-refractivity contribution is 9.10. The van der Waals surface area contributed by atoms with Crippen LogP contribution in [0.15, 0.2) is 16.6 Å². The van der Waals surface area contributed by atoms with Gasteiger partial charge >= 0.3 is 5.97 Å². The molecule has 0 unspecified atom stereocenters. The van der Waals surface area contributed by atoms with Gasteiger partial charge in [-0.15, -0.1) is 0 Å². The Bertz CT molecular complexity index is 415. The first-order chi connectivity index (χ1) is 6.43. The van der Waals surface area contributed by atoms with Gasteiger partial charge in [0.2, 0.25) is 0 Å². The molecule has 0 aromatic heterocycles. The molecule has 74 valence electrons. The molecule has 0 saturated heterocycles. The van der Waals surface area contributed by atoms with Gasteiger partial charge in [-0.05, 0) is 40.5 Å². The highest BCUT2D eigenvalue weighted by atomic mass is 79.9. The molecule has 5 heteroatoms. The van der Waals surface area contributed by atoms with E-state index in [4.69, 9.17) is 5.11 Å². The van der Waals surface area contributed by atoms with Gasteiger partial charge in [-0.25, -0.2) is 9.18 Å². The summed E-state index contributed by atoms with van der Waals surface area (Å²) in [6.07, 6.45) is 0. The van der Waals surface area contributed by atoms with E-state index >= 15 is 0 Å². The minimum absolute atomic E-state index is 0.115. The number of carbonyl (C=O) groups excluding carboxylic acids is 1. The van der Waals surface area contributed by atoms with Crippen LogP contribution in [0.25, 0.3) is 0 Å². The van der Waals surface area contributed by atoms with Gasteiger partial charge in [-0.3, -0.25) is 4.79 Å². The quantitative estimate of drug-likeness (QED) is 0.655. The normalized spacial score (nSPS) is 9.93. The molecular formula is C9H6BrFO3. The van der Waals surface area contributed by atoms with Crippen LogP contribution < -0.4 is 0 Å². The molecule has 0 fully saturated rings. The molecule has 0 aliphatic rings. The molecule has 14 heavy (non-hydrogen) atoms. The van der Waals surface area contributed by atoms with E-state index in [1.165, 1.54) is 12.1 Å².